The van der Waals surface area contributed by atoms with Crippen LogP contribution >= 0.6 is 11.6 Å². The average molecular weight is 214 g/mol. The van der Waals surface area contributed by atoms with Gasteiger partial charge in [-0.25, -0.2) is 14.2 Å². The van der Waals surface area contributed by atoms with Crippen LogP contribution in [0.15, 0.2) is 17.1 Å². The predicted molar refractivity (Wildman–Crippen MR) is 56.9 cm³/mol. The fraction of sp³-hybridized carbons (Fsp3) is 0.333. The lowest BCUT2D eigenvalue weighted by atomic mass is 10.5. The summed E-state index contributed by atoms with van der Waals surface area (Å²) in [6.45, 7) is 5.81. The zero-order valence-corrected chi connectivity index (χ0v) is 9.09. The van der Waals surface area contributed by atoms with Crippen LogP contribution in [-0.4, -0.2) is 14.4 Å². The van der Waals surface area contributed by atoms with Crippen LogP contribution in [0.5, 0.6) is 0 Å². The van der Waals surface area contributed by atoms with Gasteiger partial charge in [0.15, 0.2) is 0 Å². The highest BCUT2D eigenvalue weighted by Crippen LogP contribution is 2.06. The van der Waals surface area contributed by atoms with Gasteiger partial charge in [-0.2, -0.15) is 0 Å². The van der Waals surface area contributed by atoms with Crippen molar-refractivity contribution in [3.05, 3.63) is 33.6 Å². The number of nitrogens with one attached hydrogen (secondary N) is 1. The summed E-state index contributed by atoms with van der Waals surface area (Å²) in [6.07, 6.45) is 1.63. The van der Waals surface area contributed by atoms with Gasteiger partial charge in [-0.15, -0.1) is 0 Å². The molecule has 1 N–H and O–H groups in total. The molecule has 0 amide bonds. The number of fused-ring (bicyclic) bond motifs is 1. The molecule has 0 aliphatic carbocycles. The van der Waals surface area contributed by atoms with E-state index in [-0.39, 0.29) is 5.69 Å². The first-order chi connectivity index (χ1) is 6.68. The molecule has 0 spiro atoms. The van der Waals surface area contributed by atoms with E-state index in [1.54, 1.807) is 12.3 Å². The van der Waals surface area contributed by atoms with Gasteiger partial charge in [-0.05, 0) is 6.92 Å². The Morgan fingerprint density at radius 1 is 1.50 bits per heavy atom. The number of hydrogen-bond donors (Lipinski definition) is 1. The molecule has 76 valence electrons. The van der Waals surface area contributed by atoms with E-state index in [1.165, 1.54) is 4.40 Å². The third-order valence-electron chi connectivity index (χ3n) is 1.65. The first kappa shape index (κ1) is 10.8. The van der Waals surface area contributed by atoms with E-state index in [0.717, 1.165) is 5.69 Å². The van der Waals surface area contributed by atoms with E-state index in [2.05, 4.69) is 9.97 Å². The topological polar surface area (TPSA) is 50.2 Å². The number of H-pyrrole nitrogens is 1. The largest absolute Gasteiger partial charge is 0.332 e. The highest BCUT2D eigenvalue weighted by atomic mass is 35.5. The second kappa shape index (κ2) is 4.28. The maximum Gasteiger partial charge on any atom is 0.332 e. The number of hydrogen-bond acceptors (Lipinski definition) is 2. The predicted octanol–water partition coefficient (Wildman–Crippen LogP) is 2.01. The van der Waals surface area contributed by atoms with E-state index < -0.39 is 0 Å². The molecule has 0 aliphatic rings. The Morgan fingerprint density at radius 2 is 2.14 bits per heavy atom. The third kappa shape index (κ3) is 1.80. The highest BCUT2D eigenvalue weighted by molar-refractivity contribution is 6.29. The summed E-state index contributed by atoms with van der Waals surface area (Å²) in [7, 11) is 0. The van der Waals surface area contributed by atoms with E-state index in [0.29, 0.717) is 10.8 Å². The molecule has 2 aromatic rings. The summed E-state index contributed by atoms with van der Waals surface area (Å²) in [5.74, 6) is 0. The fourth-order valence-corrected chi connectivity index (χ4v) is 1.31. The van der Waals surface area contributed by atoms with Crippen molar-refractivity contribution in [1.29, 1.82) is 0 Å². The molecule has 5 heteroatoms. The molecule has 0 atom stereocenters. The normalized spacial score (nSPS) is 9.71. The molecule has 2 rings (SSSR count). The van der Waals surface area contributed by atoms with Crippen molar-refractivity contribution in [2.75, 3.05) is 0 Å². The number of aryl methyl sites for hydroxylation is 1. The summed E-state index contributed by atoms with van der Waals surface area (Å²) in [4.78, 5) is 17.7. The van der Waals surface area contributed by atoms with Crippen molar-refractivity contribution < 1.29 is 0 Å². The maximum absolute atomic E-state index is 11.3. The van der Waals surface area contributed by atoms with Gasteiger partial charge in [0.2, 0.25) is 0 Å². The number of aromatic amines is 1. The summed E-state index contributed by atoms with van der Waals surface area (Å²) < 4.78 is 1.46. The van der Waals surface area contributed by atoms with Crippen LogP contribution < -0.4 is 5.69 Å². The second-order valence-electron chi connectivity index (χ2n) is 2.52. The Kier molecular flexibility index (Phi) is 3.30. The Labute approximate surface area is 86.6 Å². The standard InChI is InChI=1S/C7H6ClN3O.C2H6/c1-4-3-9-6-2-5(8)10-7(12)11(4)6;1-2/h2-3H,1H3,(H,10,12);1-2H3. The quantitative estimate of drug-likeness (QED) is 0.681. The molecule has 0 radical (unpaired) electrons. The third-order valence-corrected chi connectivity index (χ3v) is 1.85. The average Bonchev–Trinajstić information content (AvgIpc) is 2.51. The van der Waals surface area contributed by atoms with Gasteiger partial charge in [-0.3, -0.25) is 4.98 Å². The molecule has 0 aliphatic heterocycles. The molecule has 0 saturated carbocycles. The van der Waals surface area contributed by atoms with Crippen molar-refractivity contribution >= 4 is 17.2 Å². The summed E-state index contributed by atoms with van der Waals surface area (Å²) in [5.41, 5.74) is 1.11. The van der Waals surface area contributed by atoms with Crippen molar-refractivity contribution in [2.45, 2.75) is 20.8 Å². The molecule has 2 aromatic heterocycles. The highest BCUT2D eigenvalue weighted by Gasteiger charge is 2.02. The molecule has 0 fully saturated rings. The fourth-order valence-electron chi connectivity index (χ4n) is 1.13. The molecule has 0 saturated heterocycles. The van der Waals surface area contributed by atoms with Gasteiger partial charge in [0.25, 0.3) is 0 Å². The monoisotopic (exact) mass is 213 g/mol. The Hall–Kier alpha value is -1.29. The van der Waals surface area contributed by atoms with Crippen LogP contribution in [0.3, 0.4) is 0 Å². The molecule has 0 aromatic carbocycles. The van der Waals surface area contributed by atoms with Gasteiger partial charge >= 0.3 is 5.69 Å². The molecule has 2 heterocycles. The minimum Gasteiger partial charge on any atom is -0.297 e. The summed E-state index contributed by atoms with van der Waals surface area (Å²) in [5, 5.41) is 0.304. The summed E-state index contributed by atoms with van der Waals surface area (Å²) in [6, 6.07) is 1.61. The number of aromatic nitrogens is 3. The number of halogens is 1. The lowest BCUT2D eigenvalue weighted by Crippen LogP contribution is -2.16. The lowest BCUT2D eigenvalue weighted by Gasteiger charge is -1.94. The zero-order valence-electron chi connectivity index (χ0n) is 8.34. The van der Waals surface area contributed by atoms with Crippen LogP contribution in [0.2, 0.25) is 5.15 Å². The summed E-state index contributed by atoms with van der Waals surface area (Å²) >= 11 is 5.62. The van der Waals surface area contributed by atoms with Crippen molar-refractivity contribution in [3.8, 4) is 0 Å². The van der Waals surface area contributed by atoms with E-state index in [4.69, 9.17) is 11.6 Å². The SMILES string of the molecule is CC.Cc1cnc2cc(Cl)[nH]c(=O)n12. The van der Waals surface area contributed by atoms with Crippen LogP contribution in [-0.2, 0) is 0 Å². The molecule has 14 heavy (non-hydrogen) atoms. The van der Waals surface area contributed by atoms with Gasteiger partial charge in [0, 0.05) is 18.0 Å². The molecule has 0 bridgehead atoms. The van der Waals surface area contributed by atoms with E-state index >= 15 is 0 Å². The minimum absolute atomic E-state index is 0.257. The molecular formula is C9H12ClN3O. The van der Waals surface area contributed by atoms with Crippen LogP contribution in [0.1, 0.15) is 19.5 Å². The van der Waals surface area contributed by atoms with Crippen LogP contribution in [0, 0.1) is 6.92 Å². The molecule has 0 unspecified atom stereocenters. The van der Waals surface area contributed by atoms with Crippen molar-refractivity contribution in [1.82, 2.24) is 14.4 Å². The van der Waals surface area contributed by atoms with Crippen molar-refractivity contribution in [2.24, 2.45) is 0 Å². The van der Waals surface area contributed by atoms with Gasteiger partial charge in [-0.1, -0.05) is 25.4 Å². The first-order valence-electron chi connectivity index (χ1n) is 4.41. The molecular weight excluding hydrogens is 202 g/mol. The van der Waals surface area contributed by atoms with Crippen LogP contribution in [0.4, 0.5) is 0 Å². The van der Waals surface area contributed by atoms with Crippen molar-refractivity contribution in [3.63, 3.8) is 0 Å². The Morgan fingerprint density at radius 3 is 2.79 bits per heavy atom. The van der Waals surface area contributed by atoms with Gasteiger partial charge in [0.05, 0.1) is 0 Å². The number of imidazole rings is 1. The van der Waals surface area contributed by atoms with Gasteiger partial charge < -0.3 is 0 Å². The van der Waals surface area contributed by atoms with Crippen LogP contribution in [0.25, 0.3) is 5.65 Å². The van der Waals surface area contributed by atoms with Gasteiger partial charge in [0.1, 0.15) is 10.8 Å². The molecule has 4 nitrogen and oxygen atoms in total. The Bertz CT molecular complexity index is 486. The first-order valence-corrected chi connectivity index (χ1v) is 4.79. The zero-order chi connectivity index (χ0) is 10.7. The van der Waals surface area contributed by atoms with E-state index in [1.807, 2.05) is 20.8 Å². The second-order valence-corrected chi connectivity index (χ2v) is 2.92. The number of nitrogens with zero attached hydrogens (tertiary/aromatic N) is 2. The lowest BCUT2D eigenvalue weighted by molar-refractivity contribution is 0.968. The number of rotatable bonds is 0. The van der Waals surface area contributed by atoms with E-state index in [9.17, 15) is 4.79 Å². The minimum atomic E-state index is -0.257. The smallest absolute Gasteiger partial charge is 0.297 e. The maximum atomic E-state index is 11.3. The Balaban J connectivity index is 0.000000461.